The number of nitrogens with one attached hydrogen (secondary N) is 2. The Labute approximate surface area is 99.8 Å². The molecule has 0 atom stereocenters. The van der Waals surface area contributed by atoms with Crippen molar-refractivity contribution in [3.63, 3.8) is 0 Å². The molecule has 0 aliphatic carbocycles. The molecule has 0 aromatic carbocycles. The summed E-state index contributed by atoms with van der Waals surface area (Å²) in [6.07, 6.45) is -2.74. The minimum Gasteiger partial charge on any atom is -0.345 e. The van der Waals surface area contributed by atoms with E-state index in [1.807, 2.05) is 5.32 Å². The summed E-state index contributed by atoms with van der Waals surface area (Å²) >= 11 is 0. The van der Waals surface area contributed by atoms with Crippen LogP contribution >= 0.6 is 10.7 Å². The predicted molar refractivity (Wildman–Crippen MR) is 54.7 cm³/mol. The molecule has 0 aliphatic rings. The van der Waals surface area contributed by atoms with Crippen molar-refractivity contribution in [2.24, 2.45) is 0 Å². The first-order valence-corrected chi connectivity index (χ1v) is 6.60. The molecule has 0 saturated heterocycles. The van der Waals surface area contributed by atoms with Gasteiger partial charge in [0.05, 0.1) is 12.2 Å². The van der Waals surface area contributed by atoms with E-state index < -0.39 is 38.5 Å². The second-order valence-electron chi connectivity index (χ2n) is 3.07. The molecule has 1 aromatic rings. The Morgan fingerprint density at radius 3 is 2.65 bits per heavy atom. The first-order valence-electron chi connectivity index (χ1n) is 4.29. The molecule has 0 radical (unpaired) electrons. The molecule has 0 spiro atoms. The fourth-order valence-corrected chi connectivity index (χ4v) is 2.47. The molecule has 10 heteroatoms. The fraction of sp³-hybridized carbons (Fsp3) is 0.429. The van der Waals surface area contributed by atoms with Crippen LogP contribution in [0.1, 0.15) is 16.2 Å². The second kappa shape index (κ2) is 4.96. The number of rotatable bonds is 4. The third kappa shape index (κ3) is 3.37. The third-order valence-electron chi connectivity index (χ3n) is 1.77. The summed E-state index contributed by atoms with van der Waals surface area (Å²) in [6, 6.07) is 0. The van der Waals surface area contributed by atoms with Crippen molar-refractivity contribution in [3.05, 3.63) is 11.4 Å². The maximum atomic E-state index is 11.9. The largest absolute Gasteiger partial charge is 0.345 e. The van der Waals surface area contributed by atoms with E-state index in [9.17, 15) is 22.0 Å². The number of hydrogen-bond acceptors (Lipinski definition) is 4. The number of carbonyl (C=O) groups excluding carboxylic acids is 1. The minimum absolute atomic E-state index is 0.0576. The first kappa shape index (κ1) is 13.8. The van der Waals surface area contributed by atoms with Gasteiger partial charge in [0.1, 0.15) is 4.90 Å². The van der Waals surface area contributed by atoms with Crippen LogP contribution in [0.3, 0.4) is 0 Å². The van der Waals surface area contributed by atoms with Crippen LogP contribution in [0.4, 0.5) is 8.78 Å². The smallest absolute Gasteiger partial charge is 0.273 e. The Morgan fingerprint density at radius 1 is 1.59 bits per heavy atom. The average molecular weight is 288 g/mol. The Hall–Kier alpha value is -1.22. The van der Waals surface area contributed by atoms with E-state index in [1.54, 1.807) is 0 Å². The lowest BCUT2D eigenvalue weighted by Gasteiger charge is -2.02. The van der Waals surface area contributed by atoms with Crippen molar-refractivity contribution < 1.29 is 22.0 Å². The van der Waals surface area contributed by atoms with Crippen LogP contribution in [0.15, 0.2) is 4.90 Å². The highest BCUT2D eigenvalue weighted by Crippen LogP contribution is 2.21. The number of alkyl halides is 2. The van der Waals surface area contributed by atoms with Crippen molar-refractivity contribution in [1.29, 1.82) is 0 Å². The molecule has 0 aliphatic heterocycles. The number of aromatic amines is 1. The first-order chi connectivity index (χ1) is 7.73. The standard InChI is InChI=1S/C7H8ClF2N3O3S/c1-3-6(17(8,15)16)5(13-12-3)7(14)11-2-4(9)10/h4H,2H2,1H3,(H,11,14)(H,12,13). The molecule has 6 nitrogen and oxygen atoms in total. The van der Waals surface area contributed by atoms with Crippen molar-refractivity contribution >= 4 is 25.6 Å². The van der Waals surface area contributed by atoms with E-state index in [1.165, 1.54) is 6.92 Å². The van der Waals surface area contributed by atoms with E-state index in [0.29, 0.717) is 0 Å². The number of aryl methyl sites for hydroxylation is 1. The number of carbonyl (C=O) groups is 1. The third-order valence-corrected chi connectivity index (χ3v) is 3.22. The van der Waals surface area contributed by atoms with Gasteiger partial charge in [-0.25, -0.2) is 17.2 Å². The van der Waals surface area contributed by atoms with Crippen LogP contribution in [0.5, 0.6) is 0 Å². The highest BCUT2D eigenvalue weighted by Gasteiger charge is 2.26. The summed E-state index contributed by atoms with van der Waals surface area (Å²) in [5.74, 6) is -1.03. The average Bonchev–Trinajstić information content (AvgIpc) is 2.55. The van der Waals surface area contributed by atoms with Gasteiger partial charge in [-0.15, -0.1) is 0 Å². The molecule has 0 bridgehead atoms. The molecule has 0 unspecified atom stereocenters. The Bertz CT molecular complexity index is 528. The van der Waals surface area contributed by atoms with Crippen molar-refractivity contribution in [2.45, 2.75) is 18.2 Å². The van der Waals surface area contributed by atoms with Crippen LogP contribution in [0.2, 0.25) is 0 Å². The SMILES string of the molecule is Cc1[nH]nc(C(=O)NCC(F)F)c1S(=O)(=O)Cl. The molecule has 1 heterocycles. The summed E-state index contributed by atoms with van der Waals surface area (Å²) in [5, 5.41) is 7.49. The second-order valence-corrected chi connectivity index (χ2v) is 5.57. The zero-order chi connectivity index (χ0) is 13.2. The van der Waals surface area contributed by atoms with Crippen molar-refractivity contribution in [2.75, 3.05) is 6.54 Å². The maximum Gasteiger partial charge on any atom is 0.273 e. The monoisotopic (exact) mass is 287 g/mol. The zero-order valence-corrected chi connectivity index (χ0v) is 10.1. The van der Waals surface area contributed by atoms with Gasteiger partial charge in [-0.3, -0.25) is 9.89 Å². The van der Waals surface area contributed by atoms with E-state index in [4.69, 9.17) is 10.7 Å². The minimum atomic E-state index is -4.17. The van der Waals surface area contributed by atoms with Gasteiger partial charge in [0.25, 0.3) is 21.4 Å². The topological polar surface area (TPSA) is 91.9 Å². The molecule has 17 heavy (non-hydrogen) atoms. The van der Waals surface area contributed by atoms with E-state index >= 15 is 0 Å². The zero-order valence-electron chi connectivity index (χ0n) is 8.50. The lowest BCUT2D eigenvalue weighted by molar-refractivity contribution is 0.0884. The maximum absolute atomic E-state index is 11.9. The molecule has 1 amide bonds. The number of aromatic nitrogens is 2. The number of H-pyrrole nitrogens is 1. The van der Waals surface area contributed by atoms with Gasteiger partial charge in [-0.05, 0) is 6.92 Å². The van der Waals surface area contributed by atoms with Gasteiger partial charge in [-0.2, -0.15) is 5.10 Å². The highest BCUT2D eigenvalue weighted by atomic mass is 35.7. The van der Waals surface area contributed by atoms with Gasteiger partial charge in [-0.1, -0.05) is 0 Å². The molecular weight excluding hydrogens is 280 g/mol. The molecule has 1 aromatic heterocycles. The summed E-state index contributed by atoms with van der Waals surface area (Å²) in [7, 11) is 0.927. The Morgan fingerprint density at radius 2 is 2.18 bits per heavy atom. The Kier molecular flexibility index (Phi) is 4.04. The summed E-state index contributed by atoms with van der Waals surface area (Å²) in [6.45, 7) is 0.443. The quantitative estimate of drug-likeness (QED) is 0.795. The summed E-state index contributed by atoms with van der Waals surface area (Å²) in [5.41, 5.74) is -0.472. The van der Waals surface area contributed by atoms with Crippen LogP contribution in [-0.4, -0.2) is 37.5 Å². The van der Waals surface area contributed by atoms with Gasteiger partial charge < -0.3 is 5.32 Å². The molecule has 2 N–H and O–H groups in total. The van der Waals surface area contributed by atoms with Gasteiger partial charge >= 0.3 is 0 Å². The van der Waals surface area contributed by atoms with E-state index in [-0.39, 0.29) is 5.69 Å². The van der Waals surface area contributed by atoms with Crippen molar-refractivity contribution in [3.8, 4) is 0 Å². The van der Waals surface area contributed by atoms with Crippen molar-refractivity contribution in [1.82, 2.24) is 15.5 Å². The molecule has 0 fully saturated rings. The highest BCUT2D eigenvalue weighted by molar-refractivity contribution is 8.13. The van der Waals surface area contributed by atoms with Gasteiger partial charge in [0.2, 0.25) is 0 Å². The van der Waals surface area contributed by atoms with Crippen LogP contribution < -0.4 is 5.32 Å². The number of nitrogens with zero attached hydrogens (tertiary/aromatic N) is 1. The Balaban J connectivity index is 3.04. The lowest BCUT2D eigenvalue weighted by Crippen LogP contribution is -2.29. The van der Waals surface area contributed by atoms with Crippen LogP contribution in [0.25, 0.3) is 0 Å². The number of amides is 1. The van der Waals surface area contributed by atoms with Gasteiger partial charge in [0.15, 0.2) is 5.69 Å². The molecule has 1 rings (SSSR count). The summed E-state index contributed by atoms with van der Waals surface area (Å²) < 4.78 is 46.0. The number of hydrogen-bond donors (Lipinski definition) is 2. The molecule has 96 valence electrons. The van der Waals surface area contributed by atoms with Crippen LogP contribution in [-0.2, 0) is 9.05 Å². The normalized spacial score (nSPS) is 11.8. The van der Waals surface area contributed by atoms with E-state index in [2.05, 4.69) is 10.2 Å². The lowest BCUT2D eigenvalue weighted by atomic mass is 10.3. The molecular formula is C7H8ClF2N3O3S. The van der Waals surface area contributed by atoms with Gasteiger partial charge in [0, 0.05) is 10.7 Å². The number of halogens is 3. The summed E-state index contributed by atoms with van der Waals surface area (Å²) in [4.78, 5) is 10.9. The fourth-order valence-electron chi connectivity index (χ4n) is 1.12. The molecule has 0 saturated carbocycles. The van der Waals surface area contributed by atoms with Crippen LogP contribution in [0, 0.1) is 6.92 Å². The predicted octanol–water partition coefficient (Wildman–Crippen LogP) is 0.641. The van der Waals surface area contributed by atoms with E-state index in [0.717, 1.165) is 0 Å².